The summed E-state index contributed by atoms with van der Waals surface area (Å²) in [6.07, 6.45) is 1.24. The van der Waals surface area contributed by atoms with Gasteiger partial charge < -0.3 is 16.0 Å². The molecule has 2 amide bonds. The molecule has 8 heteroatoms. The largest absolute Gasteiger partial charge is 0.349 e. The molecule has 0 aliphatic carbocycles. The highest BCUT2D eigenvalue weighted by Gasteiger charge is 2.37. The molecule has 24 heavy (non-hydrogen) atoms. The summed E-state index contributed by atoms with van der Waals surface area (Å²) in [5.41, 5.74) is 4.54. The molecule has 134 valence electrons. The summed E-state index contributed by atoms with van der Waals surface area (Å²) in [5.74, 6) is -2.42. The van der Waals surface area contributed by atoms with E-state index in [1.54, 1.807) is 6.92 Å². The number of halogens is 3. The van der Waals surface area contributed by atoms with Crippen LogP contribution in [0.5, 0.6) is 0 Å². The van der Waals surface area contributed by atoms with Crippen LogP contribution in [0.15, 0.2) is 18.2 Å². The zero-order valence-corrected chi connectivity index (χ0v) is 14.5. The highest BCUT2D eigenvalue weighted by molar-refractivity contribution is 5.97. The number of nitrogens with zero attached hydrogens (tertiary/aromatic N) is 1. The fraction of sp³-hybridized carbons (Fsp3) is 0.500. The van der Waals surface area contributed by atoms with E-state index in [0.717, 1.165) is 23.5 Å². The SMILES string of the molecule is CCCC(C)(N)C(=O)NC1CC(=O)N(c2c(F)cccc2F)C1.Cl. The molecule has 0 radical (unpaired) electrons. The molecular weight excluding hydrogens is 340 g/mol. The Hall–Kier alpha value is -1.73. The van der Waals surface area contributed by atoms with Crippen LogP contribution in [0.25, 0.3) is 0 Å². The predicted molar refractivity (Wildman–Crippen MR) is 90.0 cm³/mol. The first-order chi connectivity index (χ1) is 10.8. The molecule has 5 nitrogen and oxygen atoms in total. The van der Waals surface area contributed by atoms with Gasteiger partial charge in [0.05, 0.1) is 11.6 Å². The Bertz CT molecular complexity index is 605. The van der Waals surface area contributed by atoms with Crippen LogP contribution < -0.4 is 16.0 Å². The molecule has 2 unspecified atom stereocenters. The Morgan fingerprint density at radius 3 is 2.54 bits per heavy atom. The average molecular weight is 362 g/mol. The fourth-order valence-corrected chi connectivity index (χ4v) is 2.75. The summed E-state index contributed by atoms with van der Waals surface area (Å²) < 4.78 is 27.6. The number of carbonyl (C=O) groups is 2. The number of para-hydroxylation sites is 1. The van der Waals surface area contributed by atoms with Crippen LogP contribution in [0.4, 0.5) is 14.5 Å². The summed E-state index contributed by atoms with van der Waals surface area (Å²) in [4.78, 5) is 25.3. The fourth-order valence-electron chi connectivity index (χ4n) is 2.75. The quantitative estimate of drug-likeness (QED) is 0.843. The van der Waals surface area contributed by atoms with Gasteiger partial charge in [0.1, 0.15) is 17.3 Å². The zero-order valence-electron chi connectivity index (χ0n) is 13.6. The minimum atomic E-state index is -1.03. The van der Waals surface area contributed by atoms with Crippen molar-refractivity contribution in [3.8, 4) is 0 Å². The Morgan fingerprint density at radius 1 is 1.42 bits per heavy atom. The van der Waals surface area contributed by atoms with E-state index in [4.69, 9.17) is 5.73 Å². The van der Waals surface area contributed by atoms with E-state index in [2.05, 4.69) is 5.32 Å². The third-order valence-corrected chi connectivity index (χ3v) is 3.96. The van der Waals surface area contributed by atoms with E-state index in [1.165, 1.54) is 6.07 Å². The molecule has 1 heterocycles. The molecule has 1 saturated heterocycles. The molecule has 0 bridgehead atoms. The second-order valence-corrected chi connectivity index (χ2v) is 6.12. The lowest BCUT2D eigenvalue weighted by Crippen LogP contribution is -2.54. The van der Waals surface area contributed by atoms with Crippen LogP contribution in [-0.4, -0.2) is 29.9 Å². The van der Waals surface area contributed by atoms with Crippen molar-refractivity contribution in [3.63, 3.8) is 0 Å². The second kappa shape index (κ2) is 7.90. The second-order valence-electron chi connectivity index (χ2n) is 6.12. The molecule has 2 rings (SSSR count). The predicted octanol–water partition coefficient (Wildman–Crippen LogP) is 2.13. The molecule has 1 aromatic rings. The molecule has 1 aliphatic rings. The highest BCUT2D eigenvalue weighted by atomic mass is 35.5. The normalized spacial score (nSPS) is 19.6. The number of rotatable bonds is 5. The lowest BCUT2D eigenvalue weighted by atomic mass is 9.96. The van der Waals surface area contributed by atoms with Gasteiger partial charge in [0.15, 0.2) is 0 Å². The molecule has 1 aromatic carbocycles. The van der Waals surface area contributed by atoms with Crippen LogP contribution in [0, 0.1) is 11.6 Å². The topological polar surface area (TPSA) is 75.4 Å². The number of carbonyl (C=O) groups excluding carboxylic acids is 2. The minimum absolute atomic E-state index is 0. The van der Waals surface area contributed by atoms with Crippen molar-refractivity contribution >= 4 is 29.9 Å². The van der Waals surface area contributed by atoms with Crippen LogP contribution in [0.3, 0.4) is 0 Å². The molecule has 0 aromatic heterocycles. The zero-order chi connectivity index (χ0) is 17.2. The first-order valence-electron chi connectivity index (χ1n) is 7.60. The Kier molecular flexibility index (Phi) is 6.68. The van der Waals surface area contributed by atoms with Gasteiger partial charge in [-0.25, -0.2) is 8.78 Å². The number of hydrogen-bond donors (Lipinski definition) is 2. The smallest absolute Gasteiger partial charge is 0.240 e. The molecule has 2 atom stereocenters. The van der Waals surface area contributed by atoms with Crippen molar-refractivity contribution < 1.29 is 18.4 Å². The Balaban J connectivity index is 0.00000288. The van der Waals surface area contributed by atoms with E-state index >= 15 is 0 Å². The van der Waals surface area contributed by atoms with E-state index in [-0.39, 0.29) is 37.0 Å². The average Bonchev–Trinajstić information content (AvgIpc) is 2.79. The third kappa shape index (κ3) is 4.21. The number of hydrogen-bond acceptors (Lipinski definition) is 3. The Labute approximate surface area is 146 Å². The number of anilines is 1. The van der Waals surface area contributed by atoms with Gasteiger partial charge in [-0.1, -0.05) is 19.4 Å². The van der Waals surface area contributed by atoms with E-state index in [0.29, 0.717) is 6.42 Å². The van der Waals surface area contributed by atoms with Gasteiger partial charge in [0, 0.05) is 13.0 Å². The maximum Gasteiger partial charge on any atom is 0.240 e. The number of nitrogens with one attached hydrogen (secondary N) is 1. The number of amides is 2. The van der Waals surface area contributed by atoms with Gasteiger partial charge in [-0.2, -0.15) is 0 Å². The minimum Gasteiger partial charge on any atom is -0.349 e. The molecule has 1 fully saturated rings. The van der Waals surface area contributed by atoms with Crippen LogP contribution in [-0.2, 0) is 9.59 Å². The number of nitrogens with two attached hydrogens (primary N) is 1. The molecule has 1 aliphatic heterocycles. The van der Waals surface area contributed by atoms with Crippen LogP contribution in [0.2, 0.25) is 0 Å². The van der Waals surface area contributed by atoms with E-state index in [9.17, 15) is 18.4 Å². The van der Waals surface area contributed by atoms with Crippen LogP contribution in [0.1, 0.15) is 33.1 Å². The monoisotopic (exact) mass is 361 g/mol. The summed E-state index contributed by atoms with van der Waals surface area (Å²) in [5, 5.41) is 2.70. The Morgan fingerprint density at radius 2 is 2.00 bits per heavy atom. The standard InChI is InChI=1S/C16H21F2N3O2.ClH/c1-3-7-16(2,19)15(23)20-10-8-13(22)21(9-10)14-11(17)5-4-6-12(14)18;/h4-6,10H,3,7-9,19H2,1-2H3,(H,20,23);1H. The molecule has 0 spiro atoms. The van der Waals surface area contributed by atoms with Crippen molar-refractivity contribution in [3.05, 3.63) is 29.8 Å². The van der Waals surface area contributed by atoms with Crippen molar-refractivity contribution in [1.29, 1.82) is 0 Å². The van der Waals surface area contributed by atoms with Gasteiger partial charge in [0.25, 0.3) is 0 Å². The number of benzene rings is 1. The van der Waals surface area contributed by atoms with Crippen molar-refractivity contribution in [2.45, 2.75) is 44.7 Å². The van der Waals surface area contributed by atoms with Gasteiger partial charge >= 0.3 is 0 Å². The van der Waals surface area contributed by atoms with Gasteiger partial charge in [-0.05, 0) is 25.5 Å². The molecular formula is C16H22ClF2N3O2. The van der Waals surface area contributed by atoms with Crippen molar-refractivity contribution in [2.75, 3.05) is 11.4 Å². The first kappa shape index (κ1) is 20.3. The van der Waals surface area contributed by atoms with Crippen LogP contribution >= 0.6 is 12.4 Å². The van der Waals surface area contributed by atoms with Gasteiger partial charge in [-0.3, -0.25) is 9.59 Å². The lowest BCUT2D eigenvalue weighted by Gasteiger charge is -2.25. The summed E-state index contributed by atoms with van der Waals surface area (Å²) >= 11 is 0. The van der Waals surface area contributed by atoms with E-state index < -0.39 is 29.1 Å². The van der Waals surface area contributed by atoms with Crippen molar-refractivity contribution in [2.24, 2.45) is 5.73 Å². The van der Waals surface area contributed by atoms with Gasteiger partial charge in [0.2, 0.25) is 11.8 Å². The maximum atomic E-state index is 13.8. The molecule has 3 N–H and O–H groups in total. The van der Waals surface area contributed by atoms with Gasteiger partial charge in [-0.15, -0.1) is 12.4 Å². The summed E-state index contributed by atoms with van der Waals surface area (Å²) in [7, 11) is 0. The summed E-state index contributed by atoms with van der Waals surface area (Å²) in [6, 6.07) is 2.90. The maximum absolute atomic E-state index is 13.8. The van der Waals surface area contributed by atoms with Crippen molar-refractivity contribution in [1.82, 2.24) is 5.32 Å². The lowest BCUT2D eigenvalue weighted by molar-refractivity contribution is -0.126. The summed E-state index contributed by atoms with van der Waals surface area (Å²) in [6.45, 7) is 3.56. The highest BCUT2D eigenvalue weighted by Crippen LogP contribution is 2.27. The van der Waals surface area contributed by atoms with E-state index in [1.807, 2.05) is 6.92 Å². The molecule has 0 saturated carbocycles. The third-order valence-electron chi connectivity index (χ3n) is 3.96. The first-order valence-corrected chi connectivity index (χ1v) is 7.60.